The number of rotatable bonds is 2. The van der Waals surface area contributed by atoms with Crippen molar-refractivity contribution in [1.29, 1.82) is 0 Å². The minimum atomic E-state index is 0.298. The zero-order valence-corrected chi connectivity index (χ0v) is 12.0. The smallest absolute Gasteiger partial charge is 0.0252 e. The van der Waals surface area contributed by atoms with E-state index in [9.17, 15) is 0 Å². The molecule has 0 bridgehead atoms. The lowest BCUT2D eigenvalue weighted by atomic mass is 9.81. The normalized spacial score (nSPS) is 35.5. The molecule has 0 radical (unpaired) electrons. The van der Waals surface area contributed by atoms with Gasteiger partial charge < -0.3 is 5.32 Å². The SMILES string of the molecule is CCC1CCCCC1N1CCCNC(C)(C)C1. The maximum Gasteiger partial charge on any atom is 0.0252 e. The topological polar surface area (TPSA) is 15.3 Å². The van der Waals surface area contributed by atoms with Crippen LogP contribution in [0.4, 0.5) is 0 Å². The third kappa shape index (κ3) is 3.45. The predicted molar refractivity (Wildman–Crippen MR) is 74.3 cm³/mol. The van der Waals surface area contributed by atoms with Gasteiger partial charge in [-0.15, -0.1) is 0 Å². The third-order valence-electron chi connectivity index (χ3n) is 4.69. The van der Waals surface area contributed by atoms with Crippen LogP contribution in [0.15, 0.2) is 0 Å². The van der Waals surface area contributed by atoms with Crippen LogP contribution < -0.4 is 5.32 Å². The summed E-state index contributed by atoms with van der Waals surface area (Å²) in [6.45, 7) is 10.8. The highest BCUT2D eigenvalue weighted by molar-refractivity contribution is 4.90. The summed E-state index contributed by atoms with van der Waals surface area (Å²) >= 11 is 0. The molecule has 1 aliphatic carbocycles. The predicted octanol–water partition coefficient (Wildman–Crippen LogP) is 3.03. The van der Waals surface area contributed by atoms with Crippen molar-refractivity contribution in [2.24, 2.45) is 5.92 Å². The van der Waals surface area contributed by atoms with Crippen LogP contribution in [-0.2, 0) is 0 Å². The first-order valence-electron chi connectivity index (χ1n) is 7.61. The zero-order chi connectivity index (χ0) is 12.3. The van der Waals surface area contributed by atoms with Crippen molar-refractivity contribution in [1.82, 2.24) is 10.2 Å². The molecule has 0 aromatic rings. The summed E-state index contributed by atoms with van der Waals surface area (Å²) < 4.78 is 0. The fourth-order valence-electron chi connectivity index (χ4n) is 3.78. The summed E-state index contributed by atoms with van der Waals surface area (Å²) in [4.78, 5) is 2.80. The van der Waals surface area contributed by atoms with E-state index in [2.05, 4.69) is 31.0 Å². The van der Waals surface area contributed by atoms with Gasteiger partial charge in [0.05, 0.1) is 0 Å². The Hall–Kier alpha value is -0.0800. The minimum Gasteiger partial charge on any atom is -0.310 e. The van der Waals surface area contributed by atoms with Crippen LogP contribution in [0.1, 0.15) is 59.3 Å². The van der Waals surface area contributed by atoms with Crippen LogP contribution in [-0.4, -0.2) is 36.1 Å². The molecule has 1 saturated heterocycles. The lowest BCUT2D eigenvalue weighted by molar-refractivity contribution is 0.0879. The summed E-state index contributed by atoms with van der Waals surface area (Å²) in [7, 11) is 0. The molecule has 1 aliphatic heterocycles. The van der Waals surface area contributed by atoms with Gasteiger partial charge in [-0.05, 0) is 52.1 Å². The fraction of sp³-hybridized carbons (Fsp3) is 1.00. The van der Waals surface area contributed by atoms with Gasteiger partial charge in [-0.1, -0.05) is 26.2 Å². The highest BCUT2D eigenvalue weighted by atomic mass is 15.2. The van der Waals surface area contributed by atoms with Gasteiger partial charge in [-0.2, -0.15) is 0 Å². The van der Waals surface area contributed by atoms with Crippen LogP contribution >= 0.6 is 0 Å². The van der Waals surface area contributed by atoms with Crippen molar-refractivity contribution in [2.75, 3.05) is 19.6 Å². The molecule has 2 unspecified atom stereocenters. The zero-order valence-electron chi connectivity index (χ0n) is 12.0. The molecule has 100 valence electrons. The first-order valence-corrected chi connectivity index (χ1v) is 7.61. The second kappa shape index (κ2) is 5.71. The van der Waals surface area contributed by atoms with Crippen LogP contribution in [0.2, 0.25) is 0 Å². The number of hydrogen-bond donors (Lipinski definition) is 1. The van der Waals surface area contributed by atoms with E-state index in [4.69, 9.17) is 0 Å². The van der Waals surface area contributed by atoms with Crippen LogP contribution in [0, 0.1) is 5.92 Å². The highest BCUT2D eigenvalue weighted by Crippen LogP contribution is 2.32. The highest BCUT2D eigenvalue weighted by Gasteiger charge is 2.33. The third-order valence-corrected chi connectivity index (χ3v) is 4.69. The maximum absolute atomic E-state index is 3.68. The lowest BCUT2D eigenvalue weighted by Crippen LogP contribution is -2.51. The molecular weight excluding hydrogens is 208 g/mol. The van der Waals surface area contributed by atoms with Gasteiger partial charge in [0, 0.05) is 18.1 Å². The Morgan fingerprint density at radius 3 is 2.71 bits per heavy atom. The second-order valence-corrected chi connectivity index (χ2v) is 6.65. The van der Waals surface area contributed by atoms with E-state index < -0.39 is 0 Å². The van der Waals surface area contributed by atoms with Crippen molar-refractivity contribution in [3.05, 3.63) is 0 Å². The summed E-state index contributed by atoms with van der Waals surface area (Å²) in [6.07, 6.45) is 8.50. The first kappa shape index (κ1) is 13.4. The van der Waals surface area contributed by atoms with Crippen LogP contribution in [0.25, 0.3) is 0 Å². The standard InChI is InChI=1S/C15H30N2/c1-4-13-8-5-6-9-14(13)17-11-7-10-16-15(2,3)12-17/h13-14,16H,4-12H2,1-3H3. The van der Waals surface area contributed by atoms with E-state index >= 15 is 0 Å². The molecule has 2 rings (SSSR count). The summed E-state index contributed by atoms with van der Waals surface area (Å²) in [6, 6.07) is 0.868. The Morgan fingerprint density at radius 2 is 1.94 bits per heavy atom. The van der Waals surface area contributed by atoms with E-state index in [1.807, 2.05) is 0 Å². The van der Waals surface area contributed by atoms with Gasteiger partial charge in [0.2, 0.25) is 0 Å². The molecule has 2 nitrogen and oxygen atoms in total. The monoisotopic (exact) mass is 238 g/mol. The van der Waals surface area contributed by atoms with Gasteiger partial charge in [-0.3, -0.25) is 4.90 Å². The second-order valence-electron chi connectivity index (χ2n) is 6.65. The average Bonchev–Trinajstić information content (AvgIpc) is 2.50. The molecule has 2 fully saturated rings. The van der Waals surface area contributed by atoms with Gasteiger partial charge in [0.15, 0.2) is 0 Å². The number of nitrogens with one attached hydrogen (secondary N) is 1. The lowest BCUT2D eigenvalue weighted by Gasteiger charge is -2.42. The van der Waals surface area contributed by atoms with E-state index in [0.717, 1.165) is 12.0 Å². The van der Waals surface area contributed by atoms with E-state index in [1.165, 1.54) is 58.2 Å². The first-order chi connectivity index (χ1) is 8.12. The molecule has 1 N–H and O–H groups in total. The van der Waals surface area contributed by atoms with Crippen molar-refractivity contribution in [3.63, 3.8) is 0 Å². The van der Waals surface area contributed by atoms with Gasteiger partial charge in [-0.25, -0.2) is 0 Å². The van der Waals surface area contributed by atoms with Crippen molar-refractivity contribution in [3.8, 4) is 0 Å². The largest absolute Gasteiger partial charge is 0.310 e. The van der Waals surface area contributed by atoms with Crippen molar-refractivity contribution < 1.29 is 0 Å². The van der Waals surface area contributed by atoms with Crippen molar-refractivity contribution in [2.45, 2.75) is 70.9 Å². The Morgan fingerprint density at radius 1 is 1.18 bits per heavy atom. The number of nitrogens with zero attached hydrogens (tertiary/aromatic N) is 1. The Labute approximate surface area is 107 Å². The summed E-state index contributed by atoms with van der Waals surface area (Å²) in [5, 5.41) is 3.68. The molecule has 0 amide bonds. The molecule has 0 aromatic carbocycles. The molecule has 17 heavy (non-hydrogen) atoms. The maximum atomic E-state index is 3.68. The minimum absolute atomic E-state index is 0.298. The molecule has 2 atom stereocenters. The molecule has 2 aliphatic rings. The summed E-state index contributed by atoms with van der Waals surface area (Å²) in [5.74, 6) is 0.956. The van der Waals surface area contributed by atoms with Gasteiger partial charge in [0.1, 0.15) is 0 Å². The van der Waals surface area contributed by atoms with Crippen molar-refractivity contribution >= 4 is 0 Å². The van der Waals surface area contributed by atoms with Gasteiger partial charge in [0.25, 0.3) is 0 Å². The van der Waals surface area contributed by atoms with Gasteiger partial charge >= 0.3 is 0 Å². The van der Waals surface area contributed by atoms with Crippen LogP contribution in [0.5, 0.6) is 0 Å². The molecular formula is C15H30N2. The molecule has 1 heterocycles. The van der Waals surface area contributed by atoms with E-state index in [0.29, 0.717) is 5.54 Å². The molecule has 0 spiro atoms. The van der Waals surface area contributed by atoms with E-state index in [-0.39, 0.29) is 0 Å². The molecule has 2 heteroatoms. The summed E-state index contributed by atoms with van der Waals surface area (Å²) in [5.41, 5.74) is 0.298. The average molecular weight is 238 g/mol. The van der Waals surface area contributed by atoms with Crippen LogP contribution in [0.3, 0.4) is 0 Å². The number of hydrogen-bond acceptors (Lipinski definition) is 2. The van der Waals surface area contributed by atoms with E-state index in [1.54, 1.807) is 0 Å². The Kier molecular flexibility index (Phi) is 4.48. The Balaban J connectivity index is 2.02. The quantitative estimate of drug-likeness (QED) is 0.795. The molecule has 1 saturated carbocycles. The fourth-order valence-corrected chi connectivity index (χ4v) is 3.78. The molecule has 0 aromatic heterocycles. The Bertz CT molecular complexity index is 237.